The first-order valence-corrected chi connectivity index (χ1v) is 6.54. The van der Waals surface area contributed by atoms with Crippen molar-refractivity contribution < 1.29 is 14.2 Å². The molecule has 0 saturated carbocycles. The van der Waals surface area contributed by atoms with Crippen LogP contribution in [0, 0.1) is 26.0 Å². The maximum Gasteiger partial charge on any atom is 0.306 e. The molecule has 2 aromatic carbocycles. The Hall–Kier alpha value is -1.96. The van der Waals surface area contributed by atoms with Gasteiger partial charge in [-0.2, -0.15) is 4.39 Å². The molecule has 22 heavy (non-hydrogen) atoms. The van der Waals surface area contributed by atoms with E-state index in [-0.39, 0.29) is 15.7 Å². The lowest BCUT2D eigenvalue weighted by Crippen LogP contribution is -1.91. The van der Waals surface area contributed by atoms with Crippen molar-refractivity contribution in [1.82, 2.24) is 0 Å². The highest BCUT2D eigenvalue weighted by atomic mass is 35.5. The second kappa shape index (κ2) is 7.88. The molecule has 0 aliphatic rings. The zero-order valence-electron chi connectivity index (χ0n) is 10.5. The van der Waals surface area contributed by atoms with Gasteiger partial charge in [-0.1, -0.05) is 34.8 Å². The van der Waals surface area contributed by atoms with E-state index in [2.05, 4.69) is 0 Å². The fourth-order valence-corrected chi connectivity index (χ4v) is 1.77. The zero-order valence-corrected chi connectivity index (χ0v) is 12.8. The van der Waals surface area contributed by atoms with Crippen LogP contribution in [0.25, 0.3) is 0 Å². The highest BCUT2D eigenvalue weighted by Gasteiger charge is 2.13. The molecule has 0 unspecified atom stereocenters. The summed E-state index contributed by atoms with van der Waals surface area (Å²) in [4.78, 5) is 18.9. The van der Waals surface area contributed by atoms with Gasteiger partial charge in [-0.05, 0) is 24.3 Å². The van der Waals surface area contributed by atoms with E-state index < -0.39 is 21.4 Å². The molecule has 0 saturated heterocycles. The van der Waals surface area contributed by atoms with E-state index in [1.165, 1.54) is 24.3 Å². The molecule has 2 aromatic rings. The molecular formula is C12H6Cl3FN2O4. The van der Waals surface area contributed by atoms with Gasteiger partial charge in [-0.3, -0.25) is 20.2 Å². The molecule has 0 bridgehead atoms. The summed E-state index contributed by atoms with van der Waals surface area (Å²) in [5.74, 6) is -0.876. The minimum atomic E-state index is -0.876. The van der Waals surface area contributed by atoms with Crippen molar-refractivity contribution in [3.63, 3.8) is 0 Å². The molecule has 0 aliphatic carbocycles. The molecule has 0 N–H and O–H groups in total. The predicted octanol–water partition coefficient (Wildman–Crippen LogP) is 5.29. The lowest BCUT2D eigenvalue weighted by molar-refractivity contribution is -0.387. The van der Waals surface area contributed by atoms with E-state index in [1.807, 2.05) is 0 Å². The summed E-state index contributed by atoms with van der Waals surface area (Å²) in [7, 11) is 0. The molecule has 0 spiro atoms. The molecule has 0 amide bonds. The molecule has 0 fully saturated rings. The Morgan fingerprint density at radius 3 is 1.68 bits per heavy atom. The van der Waals surface area contributed by atoms with Gasteiger partial charge in [0.05, 0.1) is 9.85 Å². The second-order valence-electron chi connectivity index (χ2n) is 3.71. The van der Waals surface area contributed by atoms with Crippen LogP contribution in [0.1, 0.15) is 0 Å². The average Bonchev–Trinajstić information content (AvgIpc) is 2.44. The number of halogens is 4. The Kier molecular flexibility index (Phi) is 6.48. The third-order valence-corrected chi connectivity index (χ3v) is 3.00. The molecule has 0 heterocycles. The van der Waals surface area contributed by atoms with Gasteiger partial charge in [-0.25, -0.2) is 0 Å². The maximum atomic E-state index is 12.5. The van der Waals surface area contributed by atoms with E-state index >= 15 is 0 Å². The van der Waals surface area contributed by atoms with Gasteiger partial charge in [0.15, 0.2) is 0 Å². The Labute approximate surface area is 138 Å². The molecular weight excluding hydrogens is 361 g/mol. The van der Waals surface area contributed by atoms with Gasteiger partial charge < -0.3 is 0 Å². The smallest absolute Gasteiger partial charge is 0.258 e. The summed E-state index contributed by atoms with van der Waals surface area (Å²) in [6.45, 7) is 0. The standard InChI is InChI=1S/C6H3Cl2NO2.C6H3ClFNO2/c2*7-4-1-2-5(8)6(3-4)9(10)11/h2*1-3H. The Morgan fingerprint density at radius 2 is 1.27 bits per heavy atom. The molecule has 2 rings (SSSR count). The molecule has 0 atom stereocenters. The monoisotopic (exact) mass is 366 g/mol. The third-order valence-electron chi connectivity index (χ3n) is 2.21. The largest absolute Gasteiger partial charge is 0.306 e. The van der Waals surface area contributed by atoms with Crippen LogP contribution in [-0.4, -0.2) is 9.85 Å². The quantitative estimate of drug-likeness (QED) is 0.533. The van der Waals surface area contributed by atoms with Gasteiger partial charge in [0.25, 0.3) is 5.69 Å². The Morgan fingerprint density at radius 1 is 0.818 bits per heavy atom. The number of hydrogen-bond acceptors (Lipinski definition) is 4. The summed E-state index contributed by atoms with van der Waals surface area (Å²) in [6.07, 6.45) is 0. The van der Waals surface area contributed by atoms with Gasteiger partial charge in [-0.15, -0.1) is 0 Å². The first-order valence-electron chi connectivity index (χ1n) is 5.41. The normalized spacial score (nSPS) is 9.64. The fourth-order valence-electron chi connectivity index (χ4n) is 1.25. The van der Waals surface area contributed by atoms with Crippen molar-refractivity contribution in [3.8, 4) is 0 Å². The average molecular weight is 368 g/mol. The molecule has 0 radical (unpaired) electrons. The van der Waals surface area contributed by atoms with Crippen molar-refractivity contribution >= 4 is 46.2 Å². The molecule has 6 nitrogen and oxygen atoms in total. The van der Waals surface area contributed by atoms with Crippen LogP contribution in [0.4, 0.5) is 15.8 Å². The molecule has 0 aliphatic heterocycles. The zero-order chi connectivity index (χ0) is 16.9. The fraction of sp³-hybridized carbons (Fsp3) is 0. The van der Waals surface area contributed by atoms with Crippen LogP contribution < -0.4 is 0 Å². The number of benzene rings is 2. The summed E-state index contributed by atoms with van der Waals surface area (Å²) < 4.78 is 12.5. The maximum absolute atomic E-state index is 12.5. The van der Waals surface area contributed by atoms with Gasteiger partial charge in [0, 0.05) is 22.2 Å². The van der Waals surface area contributed by atoms with Gasteiger partial charge in [0.1, 0.15) is 5.02 Å². The van der Waals surface area contributed by atoms with Crippen molar-refractivity contribution in [1.29, 1.82) is 0 Å². The molecule has 10 heteroatoms. The highest BCUT2D eigenvalue weighted by molar-refractivity contribution is 6.34. The van der Waals surface area contributed by atoms with Crippen LogP contribution in [0.15, 0.2) is 36.4 Å². The highest BCUT2D eigenvalue weighted by Crippen LogP contribution is 2.26. The summed E-state index contributed by atoms with van der Waals surface area (Å²) in [5, 5.41) is 20.9. The van der Waals surface area contributed by atoms with Crippen LogP contribution in [0.3, 0.4) is 0 Å². The first kappa shape index (κ1) is 18.1. The summed E-state index contributed by atoms with van der Waals surface area (Å²) >= 11 is 16.4. The van der Waals surface area contributed by atoms with Crippen LogP contribution in [0.5, 0.6) is 0 Å². The summed E-state index contributed by atoms with van der Waals surface area (Å²) in [5.41, 5.74) is -0.767. The Balaban J connectivity index is 0.000000220. The number of nitrogens with zero attached hydrogens (tertiary/aromatic N) is 2. The Bertz CT molecular complexity index is 666. The van der Waals surface area contributed by atoms with Crippen molar-refractivity contribution in [2.24, 2.45) is 0 Å². The van der Waals surface area contributed by atoms with Crippen LogP contribution in [0.2, 0.25) is 15.1 Å². The van der Waals surface area contributed by atoms with Gasteiger partial charge >= 0.3 is 5.69 Å². The lowest BCUT2D eigenvalue weighted by Gasteiger charge is -1.93. The van der Waals surface area contributed by atoms with Crippen molar-refractivity contribution in [2.45, 2.75) is 0 Å². The second-order valence-corrected chi connectivity index (χ2v) is 4.99. The van der Waals surface area contributed by atoms with E-state index in [0.29, 0.717) is 5.02 Å². The number of hydrogen-bond donors (Lipinski definition) is 0. The topological polar surface area (TPSA) is 86.3 Å². The first-order chi connectivity index (χ1) is 10.2. The summed E-state index contributed by atoms with van der Waals surface area (Å²) in [6, 6.07) is 7.28. The lowest BCUT2D eigenvalue weighted by atomic mass is 10.3. The molecule has 0 aromatic heterocycles. The van der Waals surface area contributed by atoms with Crippen LogP contribution >= 0.6 is 34.8 Å². The van der Waals surface area contributed by atoms with E-state index in [4.69, 9.17) is 34.8 Å². The number of nitro benzene ring substituents is 2. The minimum Gasteiger partial charge on any atom is -0.258 e. The minimum absolute atomic E-state index is 0.0967. The SMILES string of the molecule is O=[N+]([O-])c1cc(Cl)ccc1Cl.O=[N+]([O-])c1cc(Cl)ccc1F. The third kappa shape index (κ3) is 5.10. The van der Waals surface area contributed by atoms with Crippen molar-refractivity contribution in [2.75, 3.05) is 0 Å². The van der Waals surface area contributed by atoms with E-state index in [9.17, 15) is 24.6 Å². The van der Waals surface area contributed by atoms with Crippen molar-refractivity contribution in [3.05, 3.63) is 77.5 Å². The number of nitro groups is 2. The number of rotatable bonds is 2. The predicted molar refractivity (Wildman–Crippen MR) is 81.2 cm³/mol. The van der Waals surface area contributed by atoms with Gasteiger partial charge in [0.2, 0.25) is 5.82 Å². The molecule has 116 valence electrons. The van der Waals surface area contributed by atoms with E-state index in [1.54, 1.807) is 0 Å². The van der Waals surface area contributed by atoms with Crippen LogP contribution in [-0.2, 0) is 0 Å². The van der Waals surface area contributed by atoms with E-state index in [0.717, 1.165) is 12.1 Å².